The summed E-state index contributed by atoms with van der Waals surface area (Å²) in [7, 11) is 0. The van der Waals surface area contributed by atoms with Crippen molar-refractivity contribution in [2.45, 2.75) is 25.8 Å². The van der Waals surface area contributed by atoms with E-state index in [1.807, 2.05) is 12.5 Å². The summed E-state index contributed by atoms with van der Waals surface area (Å²) in [6, 6.07) is 0. The van der Waals surface area contributed by atoms with Crippen molar-refractivity contribution in [2.75, 3.05) is 19.8 Å². The van der Waals surface area contributed by atoms with Crippen LogP contribution in [0.25, 0.3) is 0 Å². The molecule has 0 aliphatic rings. The van der Waals surface area contributed by atoms with Gasteiger partial charge in [0.25, 0.3) is 0 Å². The van der Waals surface area contributed by atoms with Crippen LogP contribution in [0.3, 0.4) is 0 Å². The standard InChI is InChI=1S/C10H18FN3/c11-4-3-6-12-5-1-2-8-14-9-7-13-10-14/h7,9-10,12H,1-6,8H2. The van der Waals surface area contributed by atoms with Gasteiger partial charge < -0.3 is 9.88 Å². The molecule has 0 fully saturated rings. The highest BCUT2D eigenvalue weighted by molar-refractivity contribution is 4.73. The van der Waals surface area contributed by atoms with Gasteiger partial charge in [-0.05, 0) is 32.4 Å². The average molecular weight is 199 g/mol. The van der Waals surface area contributed by atoms with Crippen molar-refractivity contribution in [1.29, 1.82) is 0 Å². The van der Waals surface area contributed by atoms with Crippen LogP contribution in [0.15, 0.2) is 18.7 Å². The zero-order valence-corrected chi connectivity index (χ0v) is 8.45. The molecular formula is C10H18FN3. The molecule has 0 aliphatic heterocycles. The lowest BCUT2D eigenvalue weighted by molar-refractivity contribution is 0.456. The summed E-state index contributed by atoms with van der Waals surface area (Å²) in [4.78, 5) is 3.97. The van der Waals surface area contributed by atoms with Crippen molar-refractivity contribution in [3.8, 4) is 0 Å². The fourth-order valence-corrected chi connectivity index (χ4v) is 1.28. The molecule has 1 aromatic rings. The number of aromatic nitrogens is 2. The molecule has 0 aromatic carbocycles. The zero-order chi connectivity index (χ0) is 10.1. The molecule has 1 rings (SSSR count). The number of hydrogen-bond acceptors (Lipinski definition) is 2. The first-order chi connectivity index (χ1) is 6.93. The van der Waals surface area contributed by atoms with E-state index in [2.05, 4.69) is 14.9 Å². The summed E-state index contributed by atoms with van der Waals surface area (Å²) in [5.74, 6) is 0. The topological polar surface area (TPSA) is 29.9 Å². The van der Waals surface area contributed by atoms with E-state index < -0.39 is 0 Å². The highest BCUT2D eigenvalue weighted by Crippen LogP contribution is 1.93. The first-order valence-corrected chi connectivity index (χ1v) is 5.16. The predicted octanol–water partition coefficient (Wildman–Crippen LogP) is 1.61. The van der Waals surface area contributed by atoms with Crippen molar-refractivity contribution in [1.82, 2.24) is 14.9 Å². The van der Waals surface area contributed by atoms with Gasteiger partial charge in [0.05, 0.1) is 13.0 Å². The molecule has 0 unspecified atom stereocenters. The van der Waals surface area contributed by atoms with E-state index in [1.54, 1.807) is 6.20 Å². The van der Waals surface area contributed by atoms with Crippen molar-refractivity contribution in [3.63, 3.8) is 0 Å². The number of nitrogens with zero attached hydrogens (tertiary/aromatic N) is 2. The van der Waals surface area contributed by atoms with Gasteiger partial charge in [-0.3, -0.25) is 4.39 Å². The number of rotatable bonds is 8. The maximum absolute atomic E-state index is 11.7. The van der Waals surface area contributed by atoms with Gasteiger partial charge in [-0.1, -0.05) is 0 Å². The van der Waals surface area contributed by atoms with Crippen molar-refractivity contribution >= 4 is 0 Å². The van der Waals surface area contributed by atoms with Crippen LogP contribution in [0.5, 0.6) is 0 Å². The highest BCUT2D eigenvalue weighted by atomic mass is 19.1. The minimum atomic E-state index is -0.220. The summed E-state index contributed by atoms with van der Waals surface area (Å²) < 4.78 is 13.8. The number of halogens is 1. The van der Waals surface area contributed by atoms with Gasteiger partial charge >= 0.3 is 0 Å². The third kappa shape index (κ3) is 4.97. The normalized spacial score (nSPS) is 10.6. The van der Waals surface area contributed by atoms with Gasteiger partial charge in [0, 0.05) is 18.9 Å². The maximum Gasteiger partial charge on any atom is 0.0945 e. The average Bonchev–Trinajstić information content (AvgIpc) is 2.69. The predicted molar refractivity (Wildman–Crippen MR) is 54.9 cm³/mol. The van der Waals surface area contributed by atoms with Crippen molar-refractivity contribution in [2.24, 2.45) is 0 Å². The molecule has 0 amide bonds. The van der Waals surface area contributed by atoms with Crippen LogP contribution in [0.2, 0.25) is 0 Å². The second-order valence-electron chi connectivity index (χ2n) is 3.30. The Morgan fingerprint density at radius 3 is 2.79 bits per heavy atom. The Bertz CT molecular complexity index is 211. The molecule has 80 valence electrons. The molecule has 0 spiro atoms. The van der Waals surface area contributed by atoms with Gasteiger partial charge in [-0.25, -0.2) is 4.98 Å². The van der Waals surface area contributed by atoms with Crippen LogP contribution in [0, 0.1) is 0 Å². The lowest BCUT2D eigenvalue weighted by Gasteiger charge is -2.03. The summed E-state index contributed by atoms with van der Waals surface area (Å²) in [5.41, 5.74) is 0. The first kappa shape index (κ1) is 11.2. The minimum Gasteiger partial charge on any atom is -0.337 e. The number of unbranched alkanes of at least 4 members (excludes halogenated alkanes) is 1. The van der Waals surface area contributed by atoms with Crippen LogP contribution in [-0.4, -0.2) is 29.3 Å². The van der Waals surface area contributed by atoms with Gasteiger partial charge in [-0.15, -0.1) is 0 Å². The smallest absolute Gasteiger partial charge is 0.0945 e. The summed E-state index contributed by atoms with van der Waals surface area (Å²) in [5, 5.41) is 3.20. The van der Waals surface area contributed by atoms with Crippen LogP contribution in [-0.2, 0) is 6.54 Å². The minimum absolute atomic E-state index is 0.220. The fraction of sp³-hybridized carbons (Fsp3) is 0.700. The zero-order valence-electron chi connectivity index (χ0n) is 8.45. The molecule has 4 heteroatoms. The Balaban J connectivity index is 1.85. The number of aryl methyl sites for hydroxylation is 1. The maximum atomic E-state index is 11.7. The van der Waals surface area contributed by atoms with Gasteiger partial charge in [0.1, 0.15) is 0 Å². The number of imidazole rings is 1. The monoisotopic (exact) mass is 199 g/mol. The number of hydrogen-bond donors (Lipinski definition) is 1. The SMILES string of the molecule is FCCCNCCCCn1ccnc1. The van der Waals surface area contributed by atoms with E-state index in [9.17, 15) is 4.39 Å². The van der Waals surface area contributed by atoms with E-state index in [-0.39, 0.29) is 6.67 Å². The quantitative estimate of drug-likeness (QED) is 0.645. The molecule has 1 heterocycles. The molecule has 0 aliphatic carbocycles. The second kappa shape index (κ2) is 7.50. The Morgan fingerprint density at radius 1 is 1.21 bits per heavy atom. The molecule has 0 radical (unpaired) electrons. The molecule has 0 saturated carbocycles. The van der Waals surface area contributed by atoms with Crippen LogP contribution < -0.4 is 5.32 Å². The van der Waals surface area contributed by atoms with Crippen LogP contribution in [0.1, 0.15) is 19.3 Å². The van der Waals surface area contributed by atoms with Gasteiger partial charge in [0.2, 0.25) is 0 Å². The van der Waals surface area contributed by atoms with E-state index in [4.69, 9.17) is 0 Å². The largest absolute Gasteiger partial charge is 0.337 e. The third-order valence-electron chi connectivity index (χ3n) is 2.07. The Labute approximate surface area is 84.3 Å². The molecule has 1 N–H and O–H groups in total. The Morgan fingerprint density at radius 2 is 2.07 bits per heavy atom. The number of alkyl halides is 1. The lowest BCUT2D eigenvalue weighted by atomic mass is 10.3. The van der Waals surface area contributed by atoms with Crippen molar-refractivity contribution < 1.29 is 4.39 Å². The third-order valence-corrected chi connectivity index (χ3v) is 2.07. The summed E-state index contributed by atoms with van der Waals surface area (Å²) in [6.07, 6.45) is 8.48. The molecule has 0 saturated heterocycles. The van der Waals surface area contributed by atoms with E-state index in [0.717, 1.165) is 32.5 Å². The highest BCUT2D eigenvalue weighted by Gasteiger charge is 1.91. The lowest BCUT2D eigenvalue weighted by Crippen LogP contribution is -2.17. The van der Waals surface area contributed by atoms with Gasteiger partial charge in [0.15, 0.2) is 0 Å². The molecule has 0 bridgehead atoms. The molecular weight excluding hydrogens is 181 g/mol. The Kier molecular flexibility index (Phi) is 5.99. The number of nitrogens with one attached hydrogen (secondary N) is 1. The molecule has 1 aromatic heterocycles. The van der Waals surface area contributed by atoms with Crippen LogP contribution >= 0.6 is 0 Å². The van der Waals surface area contributed by atoms with Gasteiger partial charge in [-0.2, -0.15) is 0 Å². The molecule has 3 nitrogen and oxygen atoms in total. The van der Waals surface area contributed by atoms with E-state index >= 15 is 0 Å². The first-order valence-electron chi connectivity index (χ1n) is 5.16. The van der Waals surface area contributed by atoms with Crippen LogP contribution in [0.4, 0.5) is 4.39 Å². The summed E-state index contributed by atoms with van der Waals surface area (Å²) >= 11 is 0. The summed E-state index contributed by atoms with van der Waals surface area (Å²) in [6.45, 7) is 2.57. The second-order valence-corrected chi connectivity index (χ2v) is 3.30. The fourth-order valence-electron chi connectivity index (χ4n) is 1.28. The van der Waals surface area contributed by atoms with E-state index in [0.29, 0.717) is 6.42 Å². The Hall–Kier alpha value is -0.900. The van der Waals surface area contributed by atoms with E-state index in [1.165, 1.54) is 0 Å². The molecule has 14 heavy (non-hydrogen) atoms. The molecule has 0 atom stereocenters. The van der Waals surface area contributed by atoms with Crippen molar-refractivity contribution in [3.05, 3.63) is 18.7 Å².